The van der Waals surface area contributed by atoms with Gasteiger partial charge >= 0.3 is 0 Å². The Hall–Kier alpha value is -2.56. The maximum Gasteiger partial charge on any atom is 0.263 e. The Morgan fingerprint density at radius 3 is 2.70 bits per heavy atom. The summed E-state index contributed by atoms with van der Waals surface area (Å²) in [7, 11) is 1.49. The van der Waals surface area contributed by atoms with Crippen molar-refractivity contribution in [2.45, 2.75) is 6.92 Å². The third-order valence-electron chi connectivity index (χ3n) is 2.98. The molecule has 1 aromatic carbocycles. The molecule has 1 amide bonds. The summed E-state index contributed by atoms with van der Waals surface area (Å²) in [5, 5.41) is 0. The largest absolute Gasteiger partial charge is 0.480 e. The van der Waals surface area contributed by atoms with Gasteiger partial charge in [0.15, 0.2) is 0 Å². The van der Waals surface area contributed by atoms with Crippen LogP contribution in [0.4, 0.5) is 11.4 Å². The summed E-state index contributed by atoms with van der Waals surface area (Å²) < 4.78 is 5.14. The molecular weight excluding hydrogens is 254 g/mol. The van der Waals surface area contributed by atoms with Crippen LogP contribution in [0.15, 0.2) is 42.6 Å². The lowest BCUT2D eigenvalue weighted by molar-refractivity contribution is 0.0984. The summed E-state index contributed by atoms with van der Waals surface area (Å²) in [6, 6.07) is 10.7. The first-order chi connectivity index (χ1) is 9.69. The van der Waals surface area contributed by atoms with Crippen LogP contribution >= 0.6 is 0 Å². The van der Waals surface area contributed by atoms with E-state index in [4.69, 9.17) is 10.5 Å². The number of hydrogen-bond acceptors (Lipinski definition) is 4. The SMILES string of the molecule is CCN(C(=O)c1cccnc1OC)c1ccccc1N. The lowest BCUT2D eigenvalue weighted by Crippen LogP contribution is -2.31. The van der Waals surface area contributed by atoms with Crippen molar-refractivity contribution in [1.29, 1.82) is 0 Å². The van der Waals surface area contributed by atoms with E-state index in [-0.39, 0.29) is 5.91 Å². The summed E-state index contributed by atoms with van der Waals surface area (Å²) in [4.78, 5) is 18.3. The molecule has 5 heteroatoms. The molecule has 2 rings (SSSR count). The quantitative estimate of drug-likeness (QED) is 0.867. The van der Waals surface area contributed by atoms with Crippen LogP contribution < -0.4 is 15.4 Å². The molecule has 2 aromatic rings. The van der Waals surface area contributed by atoms with Crippen molar-refractivity contribution < 1.29 is 9.53 Å². The van der Waals surface area contributed by atoms with E-state index in [1.807, 2.05) is 25.1 Å². The smallest absolute Gasteiger partial charge is 0.263 e. The van der Waals surface area contributed by atoms with Gasteiger partial charge in [0.2, 0.25) is 5.88 Å². The zero-order valence-corrected chi connectivity index (χ0v) is 11.5. The summed E-state index contributed by atoms with van der Waals surface area (Å²) in [6.45, 7) is 2.40. The van der Waals surface area contributed by atoms with Crippen LogP contribution in [0.2, 0.25) is 0 Å². The number of aromatic nitrogens is 1. The number of benzene rings is 1. The predicted molar refractivity (Wildman–Crippen MR) is 79.0 cm³/mol. The maximum atomic E-state index is 12.7. The number of nitrogens with zero attached hydrogens (tertiary/aromatic N) is 2. The number of pyridine rings is 1. The van der Waals surface area contributed by atoms with Gasteiger partial charge in [-0.1, -0.05) is 12.1 Å². The van der Waals surface area contributed by atoms with Gasteiger partial charge in [0.05, 0.1) is 18.5 Å². The monoisotopic (exact) mass is 271 g/mol. The minimum atomic E-state index is -0.185. The minimum Gasteiger partial charge on any atom is -0.480 e. The molecule has 1 heterocycles. The normalized spacial score (nSPS) is 10.1. The molecule has 1 aromatic heterocycles. The van der Waals surface area contributed by atoms with Crippen LogP contribution in [0.3, 0.4) is 0 Å². The Kier molecular flexibility index (Phi) is 4.20. The Morgan fingerprint density at radius 1 is 1.30 bits per heavy atom. The lowest BCUT2D eigenvalue weighted by atomic mass is 10.2. The first-order valence-corrected chi connectivity index (χ1v) is 6.34. The Bertz CT molecular complexity index is 614. The molecular formula is C15H17N3O2. The molecule has 0 saturated heterocycles. The van der Waals surface area contributed by atoms with Crippen LogP contribution in [0.5, 0.6) is 5.88 Å². The fourth-order valence-corrected chi connectivity index (χ4v) is 2.02. The van der Waals surface area contributed by atoms with Crippen LogP contribution in [-0.2, 0) is 0 Å². The van der Waals surface area contributed by atoms with Crippen LogP contribution in [0, 0.1) is 0 Å². The molecule has 2 N–H and O–H groups in total. The van der Waals surface area contributed by atoms with Crippen molar-refractivity contribution >= 4 is 17.3 Å². The number of methoxy groups -OCH3 is 1. The second-order valence-corrected chi connectivity index (χ2v) is 4.17. The van der Waals surface area contributed by atoms with Crippen molar-refractivity contribution in [1.82, 2.24) is 4.98 Å². The van der Waals surface area contributed by atoms with Gasteiger partial charge in [-0.3, -0.25) is 4.79 Å². The topological polar surface area (TPSA) is 68.5 Å². The summed E-state index contributed by atoms with van der Waals surface area (Å²) in [6.07, 6.45) is 1.59. The van der Waals surface area contributed by atoms with Crippen molar-refractivity contribution in [2.24, 2.45) is 0 Å². The van der Waals surface area contributed by atoms with Gasteiger partial charge in [0.25, 0.3) is 5.91 Å². The summed E-state index contributed by atoms with van der Waals surface area (Å²) in [5.74, 6) is 0.126. The molecule has 0 aliphatic rings. The second-order valence-electron chi connectivity index (χ2n) is 4.17. The molecule has 0 bridgehead atoms. The van der Waals surface area contributed by atoms with Gasteiger partial charge in [-0.25, -0.2) is 4.98 Å². The van der Waals surface area contributed by atoms with E-state index in [2.05, 4.69) is 4.98 Å². The van der Waals surface area contributed by atoms with E-state index >= 15 is 0 Å². The average molecular weight is 271 g/mol. The number of carbonyl (C=O) groups excluding carboxylic acids is 1. The van der Waals surface area contributed by atoms with Gasteiger partial charge in [-0.15, -0.1) is 0 Å². The van der Waals surface area contributed by atoms with Gasteiger partial charge in [-0.2, -0.15) is 0 Å². The first kappa shape index (κ1) is 13.9. The Morgan fingerprint density at radius 2 is 2.05 bits per heavy atom. The number of hydrogen-bond donors (Lipinski definition) is 1. The highest BCUT2D eigenvalue weighted by molar-refractivity contribution is 6.08. The lowest BCUT2D eigenvalue weighted by Gasteiger charge is -2.23. The first-order valence-electron chi connectivity index (χ1n) is 6.34. The minimum absolute atomic E-state index is 0.185. The second kappa shape index (κ2) is 6.06. The highest BCUT2D eigenvalue weighted by atomic mass is 16.5. The highest BCUT2D eigenvalue weighted by Crippen LogP contribution is 2.26. The van der Waals surface area contributed by atoms with Crippen molar-refractivity contribution in [3.05, 3.63) is 48.2 Å². The zero-order valence-electron chi connectivity index (χ0n) is 11.5. The molecule has 0 saturated carbocycles. The molecule has 0 atom stereocenters. The number of nitrogen functional groups attached to an aromatic ring is 1. The third-order valence-corrected chi connectivity index (χ3v) is 2.98. The van der Waals surface area contributed by atoms with Crippen LogP contribution in [-0.4, -0.2) is 24.5 Å². The zero-order chi connectivity index (χ0) is 14.5. The summed E-state index contributed by atoms with van der Waals surface area (Å²) in [5.41, 5.74) is 7.61. The molecule has 0 radical (unpaired) electrons. The van der Waals surface area contributed by atoms with Gasteiger partial charge in [-0.05, 0) is 31.2 Å². The molecule has 0 aliphatic carbocycles. The number of ether oxygens (including phenoxy) is 1. The van der Waals surface area contributed by atoms with E-state index in [1.165, 1.54) is 7.11 Å². The van der Waals surface area contributed by atoms with E-state index in [0.29, 0.717) is 29.4 Å². The van der Waals surface area contributed by atoms with E-state index in [9.17, 15) is 4.79 Å². The van der Waals surface area contributed by atoms with E-state index in [0.717, 1.165) is 0 Å². The Labute approximate surface area is 118 Å². The van der Waals surface area contributed by atoms with E-state index in [1.54, 1.807) is 29.3 Å². The van der Waals surface area contributed by atoms with E-state index < -0.39 is 0 Å². The molecule has 104 valence electrons. The van der Waals surface area contributed by atoms with Crippen molar-refractivity contribution in [3.8, 4) is 5.88 Å². The molecule has 5 nitrogen and oxygen atoms in total. The third kappa shape index (κ3) is 2.56. The van der Waals surface area contributed by atoms with Crippen LogP contribution in [0.25, 0.3) is 0 Å². The van der Waals surface area contributed by atoms with Gasteiger partial charge < -0.3 is 15.4 Å². The van der Waals surface area contributed by atoms with Crippen LogP contribution in [0.1, 0.15) is 17.3 Å². The Balaban J connectivity index is 2.42. The maximum absolute atomic E-state index is 12.7. The predicted octanol–water partition coefficient (Wildman–Crippen LogP) is 2.34. The molecule has 0 unspecified atom stereocenters. The fourth-order valence-electron chi connectivity index (χ4n) is 2.02. The summed E-state index contributed by atoms with van der Waals surface area (Å²) >= 11 is 0. The number of para-hydroxylation sites is 2. The molecule has 20 heavy (non-hydrogen) atoms. The number of nitrogens with two attached hydrogens (primary N) is 1. The number of carbonyl (C=O) groups is 1. The molecule has 0 spiro atoms. The number of anilines is 2. The van der Waals surface area contributed by atoms with Gasteiger partial charge in [0, 0.05) is 12.7 Å². The van der Waals surface area contributed by atoms with Crippen molar-refractivity contribution in [3.63, 3.8) is 0 Å². The molecule has 0 aliphatic heterocycles. The highest BCUT2D eigenvalue weighted by Gasteiger charge is 2.21. The average Bonchev–Trinajstić information content (AvgIpc) is 2.49. The molecule has 0 fully saturated rings. The van der Waals surface area contributed by atoms with Crippen molar-refractivity contribution in [2.75, 3.05) is 24.3 Å². The number of amides is 1. The standard InChI is InChI=1S/C15H17N3O2/c1-3-18(13-9-5-4-8-12(13)16)15(19)11-7-6-10-17-14(11)20-2/h4-10H,3,16H2,1-2H3. The fraction of sp³-hybridized carbons (Fsp3) is 0.200. The van der Waals surface area contributed by atoms with Gasteiger partial charge in [0.1, 0.15) is 5.56 Å². The number of rotatable bonds is 4.